The van der Waals surface area contributed by atoms with E-state index in [4.69, 9.17) is 16.1 Å². The molecule has 0 aliphatic heterocycles. The Hall–Kier alpha value is -1.88. The minimum Gasteiger partial charge on any atom is -0.353 e. The van der Waals surface area contributed by atoms with Crippen LogP contribution >= 0.6 is 11.6 Å². The van der Waals surface area contributed by atoms with Gasteiger partial charge >= 0.3 is 0 Å². The van der Waals surface area contributed by atoms with Gasteiger partial charge in [0.25, 0.3) is 0 Å². The second kappa shape index (κ2) is 7.79. The van der Waals surface area contributed by atoms with E-state index in [1.165, 1.54) is 19.3 Å². The molecule has 1 aromatic heterocycles. The van der Waals surface area contributed by atoms with Gasteiger partial charge in [0.1, 0.15) is 0 Å². The van der Waals surface area contributed by atoms with Crippen LogP contribution in [0.25, 0.3) is 11.4 Å². The first-order valence-electron chi connectivity index (χ1n) is 8.49. The number of carbonyl (C=O) groups excluding carboxylic acids is 1. The number of hydrogen-bond acceptors (Lipinski definition) is 4. The number of aryl methyl sites for hydroxylation is 1. The van der Waals surface area contributed by atoms with E-state index in [9.17, 15) is 4.79 Å². The highest BCUT2D eigenvalue weighted by Crippen LogP contribution is 2.24. The van der Waals surface area contributed by atoms with E-state index in [1.807, 2.05) is 12.1 Å². The zero-order chi connectivity index (χ0) is 16.9. The van der Waals surface area contributed by atoms with Crippen LogP contribution in [-0.4, -0.2) is 22.1 Å². The van der Waals surface area contributed by atoms with Crippen LogP contribution in [0.2, 0.25) is 5.02 Å². The standard InChI is InChI=1S/C18H22ClN3O2/c1-12-4-2-3-5-15(12)20-16(23)10-11-17-21-18(22-24-17)13-6-8-14(19)9-7-13/h6-9,12,15H,2-5,10-11H2,1H3,(H,20,23)/t12-,15+/m1/s1. The maximum atomic E-state index is 12.1. The molecule has 24 heavy (non-hydrogen) atoms. The molecule has 1 aromatic carbocycles. The van der Waals surface area contributed by atoms with Crippen LogP contribution in [0.1, 0.15) is 44.9 Å². The van der Waals surface area contributed by atoms with Crippen LogP contribution in [0.3, 0.4) is 0 Å². The van der Waals surface area contributed by atoms with E-state index in [1.54, 1.807) is 12.1 Å². The Bertz CT molecular complexity index is 684. The van der Waals surface area contributed by atoms with E-state index in [0.29, 0.717) is 41.5 Å². The van der Waals surface area contributed by atoms with Crippen molar-refractivity contribution in [2.45, 2.75) is 51.5 Å². The van der Waals surface area contributed by atoms with Crippen molar-refractivity contribution in [3.8, 4) is 11.4 Å². The zero-order valence-corrected chi connectivity index (χ0v) is 14.6. The summed E-state index contributed by atoms with van der Waals surface area (Å²) in [7, 11) is 0. The molecule has 0 bridgehead atoms. The Balaban J connectivity index is 1.51. The van der Waals surface area contributed by atoms with Crippen molar-refractivity contribution >= 4 is 17.5 Å². The highest BCUT2D eigenvalue weighted by Gasteiger charge is 2.22. The fourth-order valence-corrected chi connectivity index (χ4v) is 3.23. The van der Waals surface area contributed by atoms with Crippen molar-refractivity contribution in [2.24, 2.45) is 5.92 Å². The van der Waals surface area contributed by atoms with Crippen LogP contribution in [0, 0.1) is 5.92 Å². The van der Waals surface area contributed by atoms with Crippen molar-refractivity contribution in [1.82, 2.24) is 15.5 Å². The minimum absolute atomic E-state index is 0.0555. The smallest absolute Gasteiger partial charge is 0.227 e. The van der Waals surface area contributed by atoms with E-state index < -0.39 is 0 Å². The Morgan fingerprint density at radius 2 is 2.04 bits per heavy atom. The van der Waals surface area contributed by atoms with Crippen molar-refractivity contribution in [3.63, 3.8) is 0 Å². The maximum absolute atomic E-state index is 12.1. The van der Waals surface area contributed by atoms with Gasteiger partial charge in [0, 0.05) is 29.5 Å². The molecule has 0 radical (unpaired) electrons. The molecule has 1 N–H and O–H groups in total. The monoisotopic (exact) mass is 347 g/mol. The number of nitrogens with one attached hydrogen (secondary N) is 1. The highest BCUT2D eigenvalue weighted by atomic mass is 35.5. The Labute approximate surface area is 146 Å². The maximum Gasteiger partial charge on any atom is 0.227 e. The molecule has 1 fully saturated rings. The summed E-state index contributed by atoms with van der Waals surface area (Å²) < 4.78 is 5.24. The molecular formula is C18H22ClN3O2. The topological polar surface area (TPSA) is 68.0 Å². The molecule has 1 aliphatic rings. The van der Waals surface area contributed by atoms with Crippen molar-refractivity contribution in [2.75, 3.05) is 0 Å². The third-order valence-electron chi connectivity index (χ3n) is 4.59. The number of benzene rings is 1. The number of nitrogens with zero attached hydrogens (tertiary/aromatic N) is 2. The first-order chi connectivity index (χ1) is 11.6. The van der Waals surface area contributed by atoms with Gasteiger partial charge in [-0.15, -0.1) is 0 Å². The molecule has 3 rings (SSSR count). The summed E-state index contributed by atoms with van der Waals surface area (Å²) in [5.74, 6) is 1.61. The molecule has 6 heteroatoms. The number of amides is 1. The quantitative estimate of drug-likeness (QED) is 0.887. The summed E-state index contributed by atoms with van der Waals surface area (Å²) >= 11 is 5.87. The molecular weight excluding hydrogens is 326 g/mol. The summed E-state index contributed by atoms with van der Waals surface area (Å²) in [5.41, 5.74) is 0.842. The van der Waals surface area contributed by atoms with E-state index in [-0.39, 0.29) is 5.91 Å². The van der Waals surface area contributed by atoms with E-state index in [2.05, 4.69) is 22.4 Å². The lowest BCUT2D eigenvalue weighted by atomic mass is 9.86. The number of rotatable bonds is 5. The number of aromatic nitrogens is 2. The Morgan fingerprint density at radius 3 is 2.79 bits per heavy atom. The summed E-state index contributed by atoms with van der Waals surface area (Å²) in [5, 5.41) is 7.76. The zero-order valence-electron chi connectivity index (χ0n) is 13.8. The summed E-state index contributed by atoms with van der Waals surface area (Å²) in [6.45, 7) is 2.21. The summed E-state index contributed by atoms with van der Waals surface area (Å²) in [6.07, 6.45) is 5.55. The molecule has 1 saturated carbocycles. The van der Waals surface area contributed by atoms with Gasteiger partial charge in [0.05, 0.1) is 0 Å². The molecule has 128 valence electrons. The van der Waals surface area contributed by atoms with Gasteiger partial charge < -0.3 is 9.84 Å². The minimum atomic E-state index is 0.0555. The Kier molecular flexibility index (Phi) is 5.51. The van der Waals surface area contributed by atoms with Crippen molar-refractivity contribution in [3.05, 3.63) is 35.2 Å². The van der Waals surface area contributed by atoms with Crippen LogP contribution < -0.4 is 5.32 Å². The molecule has 1 amide bonds. The average molecular weight is 348 g/mol. The fraction of sp³-hybridized carbons (Fsp3) is 0.500. The van der Waals surface area contributed by atoms with Gasteiger partial charge in [-0.05, 0) is 43.0 Å². The third kappa shape index (κ3) is 4.35. The number of halogens is 1. The second-order valence-corrected chi connectivity index (χ2v) is 6.89. The van der Waals surface area contributed by atoms with Gasteiger partial charge in [-0.3, -0.25) is 4.79 Å². The fourth-order valence-electron chi connectivity index (χ4n) is 3.10. The van der Waals surface area contributed by atoms with Crippen LogP contribution in [0.5, 0.6) is 0 Å². The highest BCUT2D eigenvalue weighted by molar-refractivity contribution is 6.30. The SMILES string of the molecule is C[C@@H]1CCCC[C@@H]1NC(=O)CCc1nc(-c2ccc(Cl)cc2)no1. The summed E-state index contributed by atoms with van der Waals surface area (Å²) in [6, 6.07) is 7.55. The second-order valence-electron chi connectivity index (χ2n) is 6.45. The average Bonchev–Trinajstić information content (AvgIpc) is 3.05. The molecule has 1 aliphatic carbocycles. The lowest BCUT2D eigenvalue weighted by molar-refractivity contribution is -0.122. The number of hydrogen-bond donors (Lipinski definition) is 1. The van der Waals surface area contributed by atoms with Gasteiger partial charge in [-0.1, -0.05) is 36.5 Å². The van der Waals surface area contributed by atoms with E-state index >= 15 is 0 Å². The lowest BCUT2D eigenvalue weighted by Gasteiger charge is -2.29. The van der Waals surface area contributed by atoms with Gasteiger partial charge in [0.15, 0.2) is 0 Å². The largest absolute Gasteiger partial charge is 0.353 e. The van der Waals surface area contributed by atoms with Crippen LogP contribution in [-0.2, 0) is 11.2 Å². The summed E-state index contributed by atoms with van der Waals surface area (Å²) in [4.78, 5) is 16.5. The lowest BCUT2D eigenvalue weighted by Crippen LogP contribution is -2.41. The van der Waals surface area contributed by atoms with Gasteiger partial charge in [-0.25, -0.2) is 0 Å². The molecule has 0 saturated heterocycles. The molecule has 0 unspecified atom stereocenters. The normalized spacial score (nSPS) is 20.8. The van der Waals surface area contributed by atoms with Crippen LogP contribution in [0.4, 0.5) is 0 Å². The molecule has 2 aromatic rings. The van der Waals surface area contributed by atoms with Crippen LogP contribution in [0.15, 0.2) is 28.8 Å². The van der Waals surface area contributed by atoms with Crippen molar-refractivity contribution < 1.29 is 9.32 Å². The van der Waals surface area contributed by atoms with Gasteiger partial charge in [-0.2, -0.15) is 4.98 Å². The van der Waals surface area contributed by atoms with Gasteiger partial charge in [0.2, 0.25) is 17.6 Å². The van der Waals surface area contributed by atoms with Crippen molar-refractivity contribution in [1.29, 1.82) is 0 Å². The molecule has 0 spiro atoms. The van der Waals surface area contributed by atoms with E-state index in [0.717, 1.165) is 12.0 Å². The molecule has 1 heterocycles. The molecule has 5 nitrogen and oxygen atoms in total. The first-order valence-corrected chi connectivity index (χ1v) is 8.87. The first kappa shape index (κ1) is 17.0. The number of carbonyl (C=O) groups is 1. The molecule has 2 atom stereocenters. The third-order valence-corrected chi connectivity index (χ3v) is 4.85. The predicted molar refractivity (Wildman–Crippen MR) is 92.6 cm³/mol. The Morgan fingerprint density at radius 1 is 1.29 bits per heavy atom. The predicted octanol–water partition coefficient (Wildman–Crippen LogP) is 4.02.